The van der Waals surface area contributed by atoms with Crippen LogP contribution in [-0.2, 0) is 6.42 Å². The average Bonchev–Trinajstić information content (AvgIpc) is 2.63. The van der Waals surface area contributed by atoms with Gasteiger partial charge in [0, 0.05) is 19.1 Å². The summed E-state index contributed by atoms with van der Waals surface area (Å²) in [5, 5.41) is 3.29. The van der Waals surface area contributed by atoms with Crippen molar-refractivity contribution < 1.29 is 4.79 Å². The highest BCUT2D eigenvalue weighted by atomic mass is 16.2. The highest BCUT2D eigenvalue weighted by Crippen LogP contribution is 2.22. The van der Waals surface area contributed by atoms with E-state index in [9.17, 15) is 4.79 Å². The van der Waals surface area contributed by atoms with Crippen molar-refractivity contribution in [3.63, 3.8) is 0 Å². The summed E-state index contributed by atoms with van der Waals surface area (Å²) in [5.41, 5.74) is 2.88. The molecule has 1 aromatic carbocycles. The molecule has 1 saturated heterocycles. The van der Waals surface area contributed by atoms with Crippen LogP contribution in [0.15, 0.2) is 48.7 Å². The predicted octanol–water partition coefficient (Wildman–Crippen LogP) is 4.00. The fourth-order valence-electron chi connectivity index (χ4n) is 3.39. The van der Waals surface area contributed by atoms with Gasteiger partial charge in [0.05, 0.1) is 11.9 Å². The van der Waals surface area contributed by atoms with Crippen molar-refractivity contribution in [2.24, 2.45) is 5.92 Å². The highest BCUT2D eigenvalue weighted by Gasteiger charge is 2.24. The van der Waals surface area contributed by atoms with Crippen LogP contribution >= 0.6 is 0 Å². The number of anilines is 1. The molecule has 0 radical (unpaired) electrons. The van der Waals surface area contributed by atoms with Crippen LogP contribution in [0.25, 0.3) is 0 Å². The van der Waals surface area contributed by atoms with E-state index in [4.69, 9.17) is 0 Å². The van der Waals surface area contributed by atoms with Gasteiger partial charge >= 0.3 is 0 Å². The van der Waals surface area contributed by atoms with Gasteiger partial charge in [0.15, 0.2) is 0 Å². The van der Waals surface area contributed by atoms with E-state index in [1.807, 2.05) is 17.0 Å². The zero-order chi connectivity index (χ0) is 17.6. The van der Waals surface area contributed by atoms with E-state index in [0.29, 0.717) is 17.7 Å². The summed E-state index contributed by atoms with van der Waals surface area (Å²) in [5.74, 6) is 0.714. The van der Waals surface area contributed by atoms with Crippen molar-refractivity contribution in [3.8, 4) is 0 Å². The molecular weight excluding hydrogens is 310 g/mol. The number of carbonyl (C=O) groups excluding carboxylic acids is 1. The van der Waals surface area contributed by atoms with Gasteiger partial charge in [-0.2, -0.15) is 0 Å². The molecule has 2 aromatic rings. The van der Waals surface area contributed by atoms with Gasteiger partial charge < -0.3 is 10.2 Å². The largest absolute Gasteiger partial charge is 0.382 e. The van der Waals surface area contributed by atoms with Crippen LogP contribution in [0.5, 0.6) is 0 Å². The van der Waals surface area contributed by atoms with Crippen LogP contribution in [0.1, 0.15) is 42.7 Å². The molecule has 3 rings (SSSR count). The van der Waals surface area contributed by atoms with Crippen LogP contribution < -0.4 is 5.32 Å². The van der Waals surface area contributed by atoms with E-state index in [2.05, 4.69) is 54.5 Å². The molecule has 1 aliphatic rings. The first-order valence-corrected chi connectivity index (χ1v) is 9.17. The molecule has 0 aliphatic carbocycles. The molecule has 0 atom stereocenters. The number of nitrogens with one attached hydrogen (secondary N) is 1. The van der Waals surface area contributed by atoms with Crippen LogP contribution in [-0.4, -0.2) is 34.9 Å². The molecule has 1 aliphatic heterocycles. The fraction of sp³-hybridized carbons (Fsp3) is 0.429. The van der Waals surface area contributed by atoms with Crippen molar-refractivity contribution in [2.75, 3.05) is 18.4 Å². The SMILES string of the molecule is CC(C)Nc1ccc(C(=O)N2CCC(Cc3ccccc3)CC2)nc1. The standard InChI is InChI=1S/C21H27N3O/c1-16(2)23-19-8-9-20(22-15-19)21(25)24-12-10-18(11-13-24)14-17-6-4-3-5-7-17/h3-9,15-16,18,23H,10-14H2,1-2H3. The Labute approximate surface area is 150 Å². The van der Waals surface area contributed by atoms with Crippen LogP contribution in [0.3, 0.4) is 0 Å². The lowest BCUT2D eigenvalue weighted by atomic mass is 9.90. The Morgan fingerprint density at radius 3 is 2.48 bits per heavy atom. The van der Waals surface area contributed by atoms with Crippen molar-refractivity contribution in [1.82, 2.24) is 9.88 Å². The van der Waals surface area contributed by atoms with Gasteiger partial charge in [-0.15, -0.1) is 0 Å². The number of benzene rings is 1. The van der Waals surface area contributed by atoms with Crippen LogP contribution in [0.4, 0.5) is 5.69 Å². The van der Waals surface area contributed by atoms with Crippen LogP contribution in [0, 0.1) is 5.92 Å². The Balaban J connectivity index is 1.52. The van der Waals surface area contributed by atoms with E-state index in [0.717, 1.165) is 38.0 Å². The minimum atomic E-state index is 0.0502. The van der Waals surface area contributed by atoms with E-state index in [-0.39, 0.29) is 5.91 Å². The van der Waals surface area contributed by atoms with E-state index >= 15 is 0 Å². The number of nitrogens with zero attached hydrogens (tertiary/aromatic N) is 2. The van der Waals surface area contributed by atoms with Gasteiger partial charge in [0.1, 0.15) is 5.69 Å². The van der Waals surface area contributed by atoms with E-state index in [1.165, 1.54) is 5.56 Å². The summed E-state index contributed by atoms with van der Waals surface area (Å²) >= 11 is 0. The number of rotatable bonds is 5. The molecule has 0 bridgehead atoms. The quantitative estimate of drug-likeness (QED) is 0.897. The first-order valence-electron chi connectivity index (χ1n) is 9.17. The molecule has 0 saturated carbocycles. The van der Waals surface area contributed by atoms with Crippen molar-refractivity contribution in [3.05, 3.63) is 59.9 Å². The van der Waals surface area contributed by atoms with Crippen molar-refractivity contribution in [2.45, 2.75) is 39.2 Å². The molecule has 2 heterocycles. The van der Waals surface area contributed by atoms with E-state index in [1.54, 1.807) is 6.20 Å². The third-order valence-electron chi connectivity index (χ3n) is 4.71. The topological polar surface area (TPSA) is 45.2 Å². The average molecular weight is 337 g/mol. The Hall–Kier alpha value is -2.36. The number of hydrogen-bond acceptors (Lipinski definition) is 3. The number of hydrogen-bond donors (Lipinski definition) is 1. The molecule has 1 amide bonds. The molecule has 1 aromatic heterocycles. The molecule has 25 heavy (non-hydrogen) atoms. The zero-order valence-corrected chi connectivity index (χ0v) is 15.1. The summed E-state index contributed by atoms with van der Waals surface area (Å²) in [6.07, 6.45) is 4.98. The van der Waals surface area contributed by atoms with Gasteiger partial charge in [0.2, 0.25) is 0 Å². The van der Waals surface area contributed by atoms with Gasteiger partial charge in [-0.05, 0) is 56.7 Å². The second-order valence-corrected chi connectivity index (χ2v) is 7.16. The summed E-state index contributed by atoms with van der Waals surface area (Å²) in [7, 11) is 0. The minimum absolute atomic E-state index is 0.0502. The molecule has 1 fully saturated rings. The number of pyridine rings is 1. The van der Waals surface area contributed by atoms with Crippen molar-refractivity contribution in [1.29, 1.82) is 0 Å². The molecular formula is C21H27N3O. The lowest BCUT2D eigenvalue weighted by Crippen LogP contribution is -2.39. The smallest absolute Gasteiger partial charge is 0.272 e. The Morgan fingerprint density at radius 2 is 1.88 bits per heavy atom. The maximum atomic E-state index is 12.6. The van der Waals surface area contributed by atoms with Gasteiger partial charge in [-0.1, -0.05) is 30.3 Å². The Kier molecular flexibility index (Phi) is 5.69. The third kappa shape index (κ3) is 4.81. The maximum absolute atomic E-state index is 12.6. The summed E-state index contributed by atoms with van der Waals surface area (Å²) in [6, 6.07) is 14.7. The number of piperidine rings is 1. The lowest BCUT2D eigenvalue weighted by Gasteiger charge is -2.32. The van der Waals surface area contributed by atoms with Crippen LogP contribution in [0.2, 0.25) is 0 Å². The van der Waals surface area contributed by atoms with Gasteiger partial charge in [0.25, 0.3) is 5.91 Å². The number of likely N-dealkylation sites (tertiary alicyclic amines) is 1. The maximum Gasteiger partial charge on any atom is 0.272 e. The normalized spacial score (nSPS) is 15.4. The molecule has 0 spiro atoms. The van der Waals surface area contributed by atoms with Gasteiger partial charge in [-0.3, -0.25) is 4.79 Å². The predicted molar refractivity (Wildman–Crippen MR) is 102 cm³/mol. The Morgan fingerprint density at radius 1 is 1.16 bits per heavy atom. The first-order chi connectivity index (χ1) is 12.1. The summed E-state index contributed by atoms with van der Waals surface area (Å²) < 4.78 is 0. The number of aromatic nitrogens is 1. The third-order valence-corrected chi connectivity index (χ3v) is 4.71. The lowest BCUT2D eigenvalue weighted by molar-refractivity contribution is 0.0684. The molecule has 0 unspecified atom stereocenters. The van der Waals surface area contributed by atoms with E-state index < -0.39 is 0 Å². The molecule has 4 nitrogen and oxygen atoms in total. The Bertz CT molecular complexity index is 674. The number of amides is 1. The second kappa shape index (κ2) is 8.15. The molecule has 4 heteroatoms. The first kappa shape index (κ1) is 17.5. The zero-order valence-electron chi connectivity index (χ0n) is 15.1. The molecule has 132 valence electrons. The summed E-state index contributed by atoms with van der Waals surface area (Å²) in [4.78, 5) is 18.9. The highest BCUT2D eigenvalue weighted by molar-refractivity contribution is 5.92. The minimum Gasteiger partial charge on any atom is -0.382 e. The second-order valence-electron chi connectivity index (χ2n) is 7.16. The van der Waals surface area contributed by atoms with Gasteiger partial charge in [-0.25, -0.2) is 4.98 Å². The monoisotopic (exact) mass is 337 g/mol. The summed E-state index contributed by atoms with van der Waals surface area (Å²) in [6.45, 7) is 5.81. The number of carbonyl (C=O) groups is 1. The molecule has 1 N–H and O–H groups in total. The van der Waals surface area contributed by atoms with Crippen molar-refractivity contribution >= 4 is 11.6 Å². The fourth-order valence-corrected chi connectivity index (χ4v) is 3.39.